The number of alkyl halides is 6. The van der Waals surface area contributed by atoms with Gasteiger partial charge in [-0.25, -0.2) is 23.8 Å². The molecular weight excluding hydrogens is 955 g/mol. The first-order chi connectivity index (χ1) is 34.6. The Balaban J connectivity index is 0.000000166. The van der Waals surface area contributed by atoms with E-state index in [1.54, 1.807) is 34.3 Å². The van der Waals surface area contributed by atoms with Crippen LogP contribution >= 0.6 is 0 Å². The topological polar surface area (TPSA) is 171 Å². The van der Waals surface area contributed by atoms with Crippen molar-refractivity contribution < 1.29 is 50.5 Å². The predicted molar refractivity (Wildman–Crippen MR) is 264 cm³/mol. The number of imidazole rings is 2. The number of benzene rings is 2. The number of carbonyl (C=O) groups is 2. The molecule has 19 heteroatoms. The average molecular weight is 1020 g/mol. The van der Waals surface area contributed by atoms with Crippen LogP contribution in [-0.4, -0.2) is 71.7 Å². The van der Waals surface area contributed by atoms with Crippen LogP contribution in [0.5, 0.6) is 11.5 Å². The number of fused-ring (bicyclic) bond motifs is 4. The Morgan fingerprint density at radius 3 is 1.59 bits per heavy atom. The standard InChI is InChI=1S/C27H29F3N4O2.C18H20F3N3O2.C9H11NO/c1-15(2)23-20(26(35)33-21-12-13-36-22-7-5-4-6-19(21)22)14-31-34-24(16(3)32-25(23)34)17-8-10-18(11-9-17)27(28,29)30;1-9(2)14-13(17(25)26)8-22-24-15(10(3)23-16(14)24)11-4-6-12(7-5-11)18(19,20)21;10-8-5-6-11-9-4-2-1-3-7(8)9/h4-8,14-15,18,21H,9-13H2,1-3H3,(H,33,35);4,8-9,12H,5-7H2,1-3H3,(H,25,26);1-4,8H,5-6,10H2/t18?,21-;;8-/m0.0/s1. The second-order valence-corrected chi connectivity index (χ2v) is 19.6. The van der Waals surface area contributed by atoms with E-state index in [0.717, 1.165) is 58.1 Å². The van der Waals surface area contributed by atoms with Gasteiger partial charge in [0.2, 0.25) is 0 Å². The maximum absolute atomic E-state index is 13.5. The van der Waals surface area contributed by atoms with Crippen LogP contribution in [0.3, 0.4) is 0 Å². The molecule has 388 valence electrons. The van der Waals surface area contributed by atoms with Crippen molar-refractivity contribution in [3.05, 3.63) is 129 Å². The van der Waals surface area contributed by atoms with Gasteiger partial charge in [-0.15, -0.1) is 0 Å². The number of nitrogens with two attached hydrogens (primary N) is 1. The van der Waals surface area contributed by atoms with E-state index >= 15 is 0 Å². The zero-order chi connectivity index (χ0) is 52.5. The van der Waals surface area contributed by atoms with Crippen molar-refractivity contribution in [2.75, 3.05) is 13.2 Å². The van der Waals surface area contributed by atoms with Crippen LogP contribution in [0, 0.1) is 25.7 Å². The molecule has 0 bridgehead atoms. The highest BCUT2D eigenvalue weighted by Gasteiger charge is 2.41. The lowest BCUT2D eigenvalue weighted by Crippen LogP contribution is -2.33. The Bertz CT molecular complexity index is 3080. The first-order valence-corrected chi connectivity index (χ1v) is 24.7. The first kappa shape index (κ1) is 52.6. The highest BCUT2D eigenvalue weighted by molar-refractivity contribution is 5.97. The summed E-state index contributed by atoms with van der Waals surface area (Å²) < 4.78 is 92.5. The molecule has 2 aliphatic heterocycles. The van der Waals surface area contributed by atoms with Crippen LogP contribution in [0.1, 0.15) is 169 Å². The molecule has 0 saturated carbocycles. The van der Waals surface area contributed by atoms with Gasteiger partial charge in [0.05, 0.1) is 77.4 Å². The number of carboxylic acid groups (broad SMARTS) is 1. The number of aromatic carboxylic acids is 1. The van der Waals surface area contributed by atoms with E-state index in [0.29, 0.717) is 59.0 Å². The molecule has 2 unspecified atom stereocenters. The molecule has 4 atom stereocenters. The number of amides is 1. The molecule has 2 aromatic carbocycles. The second kappa shape index (κ2) is 21.4. The lowest BCUT2D eigenvalue weighted by Gasteiger charge is -2.27. The maximum Gasteiger partial charge on any atom is 0.392 e. The van der Waals surface area contributed by atoms with Crippen molar-refractivity contribution in [3.8, 4) is 11.5 Å². The summed E-state index contributed by atoms with van der Waals surface area (Å²) in [6.45, 7) is 12.6. The van der Waals surface area contributed by atoms with Gasteiger partial charge in [-0.05, 0) is 87.5 Å². The van der Waals surface area contributed by atoms with Gasteiger partial charge in [0.25, 0.3) is 5.91 Å². The lowest BCUT2D eigenvalue weighted by atomic mass is 9.87. The van der Waals surface area contributed by atoms with Crippen LogP contribution in [0.15, 0.2) is 73.1 Å². The number of hydrogen-bond donors (Lipinski definition) is 3. The number of rotatable bonds is 7. The molecule has 6 heterocycles. The van der Waals surface area contributed by atoms with Gasteiger partial charge in [0.15, 0.2) is 11.3 Å². The minimum absolute atomic E-state index is 0.0252. The number of nitrogens with one attached hydrogen (secondary N) is 1. The third-order valence-electron chi connectivity index (χ3n) is 14.0. The lowest BCUT2D eigenvalue weighted by molar-refractivity contribution is -0.176. The zero-order valence-electron chi connectivity index (χ0n) is 41.6. The SMILES string of the molecule is Cc1nc2c(C(C)C)c(C(=O)N[C@H]3CCOc4ccccc43)cnn2c1C1=CCC(C(F)(F)F)CC1.Cc1nc2c(C(C)C)c(C(=O)O)cnn2c1C1=CCC(C(F)(F)F)CC1.N[C@H]1CCOc2ccccc21. The van der Waals surface area contributed by atoms with E-state index in [4.69, 9.17) is 20.2 Å². The molecule has 6 aromatic rings. The molecule has 0 radical (unpaired) electrons. The molecule has 10 rings (SSSR count). The van der Waals surface area contributed by atoms with Gasteiger partial charge in [0.1, 0.15) is 11.5 Å². The molecule has 13 nitrogen and oxygen atoms in total. The van der Waals surface area contributed by atoms with Crippen molar-refractivity contribution in [3.63, 3.8) is 0 Å². The molecule has 4 aromatic heterocycles. The summed E-state index contributed by atoms with van der Waals surface area (Å²) in [7, 11) is 0. The van der Waals surface area contributed by atoms with Gasteiger partial charge in [-0.1, -0.05) is 76.2 Å². The monoisotopic (exact) mass is 1010 g/mol. The number of carbonyl (C=O) groups excluding carboxylic acids is 1. The summed E-state index contributed by atoms with van der Waals surface area (Å²) in [5, 5.41) is 21.3. The van der Waals surface area contributed by atoms with Crippen LogP contribution in [-0.2, 0) is 0 Å². The Kier molecular flexibility index (Phi) is 15.4. The maximum atomic E-state index is 13.5. The highest BCUT2D eigenvalue weighted by atomic mass is 19.4. The van der Waals surface area contributed by atoms with E-state index in [-0.39, 0.29) is 67.5 Å². The second-order valence-electron chi connectivity index (χ2n) is 19.6. The van der Waals surface area contributed by atoms with Crippen molar-refractivity contribution >= 4 is 34.3 Å². The van der Waals surface area contributed by atoms with Crippen LogP contribution in [0.25, 0.3) is 22.4 Å². The van der Waals surface area contributed by atoms with E-state index < -0.39 is 30.2 Å². The fourth-order valence-corrected chi connectivity index (χ4v) is 10.2. The normalized spacial score (nSPS) is 19.8. The van der Waals surface area contributed by atoms with Gasteiger partial charge < -0.3 is 25.6 Å². The van der Waals surface area contributed by atoms with Gasteiger partial charge in [-0.2, -0.15) is 36.5 Å². The molecule has 0 spiro atoms. The van der Waals surface area contributed by atoms with E-state index in [2.05, 4.69) is 20.5 Å². The third kappa shape index (κ3) is 11.1. The quantitative estimate of drug-likeness (QED) is 0.131. The zero-order valence-corrected chi connectivity index (χ0v) is 41.6. The molecule has 73 heavy (non-hydrogen) atoms. The number of ether oxygens (including phenoxy) is 2. The van der Waals surface area contributed by atoms with Crippen molar-refractivity contribution in [2.45, 2.75) is 129 Å². The molecule has 0 saturated heterocycles. The smallest absolute Gasteiger partial charge is 0.392 e. The van der Waals surface area contributed by atoms with Crippen molar-refractivity contribution in [2.24, 2.45) is 17.6 Å². The Morgan fingerprint density at radius 1 is 0.685 bits per heavy atom. The van der Waals surface area contributed by atoms with Crippen LogP contribution < -0.4 is 20.5 Å². The van der Waals surface area contributed by atoms with E-state index in [1.807, 2.05) is 83.1 Å². The fourth-order valence-electron chi connectivity index (χ4n) is 10.2. The Hall–Kier alpha value is -6.76. The summed E-state index contributed by atoms with van der Waals surface area (Å²) in [6, 6.07) is 15.6. The Morgan fingerprint density at radius 2 is 1.14 bits per heavy atom. The minimum atomic E-state index is -4.19. The fraction of sp³-hybridized carbons (Fsp3) is 0.444. The van der Waals surface area contributed by atoms with Gasteiger partial charge in [-0.3, -0.25) is 4.79 Å². The summed E-state index contributed by atoms with van der Waals surface area (Å²) in [6.07, 6.45) is -0.0928. The number of allylic oxidation sites excluding steroid dienone is 4. The average Bonchev–Trinajstić information content (AvgIpc) is 3.88. The van der Waals surface area contributed by atoms with Gasteiger partial charge in [0, 0.05) is 41.1 Å². The van der Waals surface area contributed by atoms with Crippen molar-refractivity contribution in [1.82, 2.24) is 34.5 Å². The Labute approximate surface area is 418 Å². The number of nitrogens with zero attached hydrogens (tertiary/aromatic N) is 6. The van der Waals surface area contributed by atoms with E-state index in [1.165, 1.54) is 6.20 Å². The third-order valence-corrected chi connectivity index (χ3v) is 14.0. The van der Waals surface area contributed by atoms with E-state index in [9.17, 15) is 41.0 Å². The number of carboxylic acids is 1. The number of para-hydroxylation sites is 2. The molecule has 0 fully saturated rings. The predicted octanol–water partition coefficient (Wildman–Crippen LogP) is 12.2. The molecule has 2 aliphatic carbocycles. The van der Waals surface area contributed by atoms with Crippen molar-refractivity contribution in [1.29, 1.82) is 0 Å². The largest absolute Gasteiger partial charge is 0.493 e. The molecule has 4 aliphatic rings. The summed E-state index contributed by atoms with van der Waals surface area (Å²) in [5.74, 6) is -2.33. The van der Waals surface area contributed by atoms with Gasteiger partial charge >= 0.3 is 18.3 Å². The number of hydrogen-bond acceptors (Lipinski definition) is 9. The number of halogens is 6. The molecule has 1 amide bonds. The highest BCUT2D eigenvalue weighted by Crippen LogP contribution is 2.43. The summed E-state index contributed by atoms with van der Waals surface area (Å²) >= 11 is 0. The molecular formula is C54H60F6N8O5. The van der Waals surface area contributed by atoms with Crippen LogP contribution in [0.2, 0.25) is 0 Å². The first-order valence-electron chi connectivity index (χ1n) is 24.7. The summed E-state index contributed by atoms with van der Waals surface area (Å²) in [5.41, 5.74) is 15.2. The van der Waals surface area contributed by atoms with Crippen LogP contribution in [0.4, 0.5) is 26.3 Å². The molecule has 4 N–H and O–H groups in total. The summed E-state index contributed by atoms with van der Waals surface area (Å²) in [4.78, 5) is 34.2. The number of aromatic nitrogens is 6. The number of aryl methyl sites for hydroxylation is 2. The minimum Gasteiger partial charge on any atom is -0.493 e.